The quantitative estimate of drug-likeness (QED) is 0.602. The van der Waals surface area contributed by atoms with E-state index in [0.717, 1.165) is 5.56 Å². The number of nitrogens with zero attached hydrogens (tertiary/aromatic N) is 1. The molecule has 6 nitrogen and oxygen atoms in total. The van der Waals surface area contributed by atoms with Crippen LogP contribution >= 0.6 is 0 Å². The van der Waals surface area contributed by atoms with E-state index >= 15 is 0 Å². The van der Waals surface area contributed by atoms with E-state index in [0.29, 0.717) is 0 Å². The lowest BCUT2D eigenvalue weighted by molar-refractivity contribution is -0.155. The summed E-state index contributed by atoms with van der Waals surface area (Å²) in [6.07, 6.45) is -0.221. The molecule has 0 saturated heterocycles. The van der Waals surface area contributed by atoms with Crippen LogP contribution in [0.25, 0.3) is 0 Å². The van der Waals surface area contributed by atoms with Crippen LogP contribution in [0.4, 0.5) is 0 Å². The minimum atomic E-state index is -1.68. The molecule has 1 atom stereocenters. The van der Waals surface area contributed by atoms with Gasteiger partial charge in [-0.05, 0) is 12.5 Å². The van der Waals surface area contributed by atoms with Crippen molar-refractivity contribution in [3.8, 4) is 0 Å². The number of hydrogen-bond donors (Lipinski definition) is 0. The third-order valence-corrected chi connectivity index (χ3v) is 2.68. The summed E-state index contributed by atoms with van der Waals surface area (Å²) in [6.45, 7) is 1.52. The van der Waals surface area contributed by atoms with Gasteiger partial charge in [-0.2, -0.15) is 4.99 Å². The summed E-state index contributed by atoms with van der Waals surface area (Å²) in [5.74, 6) is -1.58. The second-order valence-electron chi connectivity index (χ2n) is 4.11. The van der Waals surface area contributed by atoms with Gasteiger partial charge in [0.1, 0.15) is 6.61 Å². The van der Waals surface area contributed by atoms with Gasteiger partial charge in [0.2, 0.25) is 0 Å². The maximum atomic E-state index is 11.6. The van der Waals surface area contributed by atoms with Crippen LogP contribution in [0.15, 0.2) is 35.3 Å². The van der Waals surface area contributed by atoms with E-state index in [9.17, 15) is 9.59 Å². The number of aliphatic imine (C=N–C) groups is 1. The van der Waals surface area contributed by atoms with E-state index in [-0.39, 0.29) is 12.7 Å². The average molecular weight is 263 g/mol. The predicted molar refractivity (Wildman–Crippen MR) is 65.2 cm³/mol. The van der Waals surface area contributed by atoms with Crippen LogP contribution in [-0.4, -0.2) is 30.7 Å². The van der Waals surface area contributed by atoms with E-state index in [2.05, 4.69) is 9.73 Å². The molecule has 0 amide bonds. The molecule has 19 heavy (non-hydrogen) atoms. The van der Waals surface area contributed by atoms with Crippen LogP contribution < -0.4 is 0 Å². The Balaban J connectivity index is 2.05. The molecular weight excluding hydrogens is 250 g/mol. The summed E-state index contributed by atoms with van der Waals surface area (Å²) < 4.78 is 14.6. The third kappa shape index (κ3) is 2.57. The van der Waals surface area contributed by atoms with Gasteiger partial charge in [-0.25, -0.2) is 9.59 Å². The van der Waals surface area contributed by atoms with Crippen LogP contribution in [-0.2, 0) is 30.4 Å². The number of carbonyl (C=O) groups excluding carboxylic acids is 2. The first-order chi connectivity index (χ1) is 9.06. The SMILES string of the molecule is COC(=O)[C@]1(C)N=C(OCc2ccccc2)OC1=O. The standard InChI is InChI=1S/C13H13NO5/c1-13(10(15)17-2)11(16)19-12(14-13)18-8-9-6-4-3-5-7-9/h3-7H,8H2,1-2H3/t13-/m0/s1. The first-order valence-electron chi connectivity index (χ1n) is 5.63. The monoisotopic (exact) mass is 263 g/mol. The highest BCUT2D eigenvalue weighted by Crippen LogP contribution is 2.22. The molecule has 0 fully saturated rings. The number of cyclic esters (lactones) is 1. The van der Waals surface area contributed by atoms with Crippen molar-refractivity contribution in [1.29, 1.82) is 0 Å². The lowest BCUT2D eigenvalue weighted by atomic mass is 10.1. The van der Waals surface area contributed by atoms with Crippen LogP contribution in [0.5, 0.6) is 0 Å². The van der Waals surface area contributed by atoms with Crippen LogP contribution in [0, 0.1) is 0 Å². The Hall–Kier alpha value is -2.37. The Morgan fingerprint density at radius 2 is 2.05 bits per heavy atom. The smallest absolute Gasteiger partial charge is 0.393 e. The van der Waals surface area contributed by atoms with E-state index < -0.39 is 17.5 Å². The largest absolute Gasteiger partial charge is 0.467 e. The van der Waals surface area contributed by atoms with Crippen molar-refractivity contribution in [2.75, 3.05) is 7.11 Å². The number of ether oxygens (including phenoxy) is 3. The molecule has 0 aliphatic carbocycles. The summed E-state index contributed by atoms with van der Waals surface area (Å²) in [5.41, 5.74) is -0.784. The number of rotatable bonds is 3. The van der Waals surface area contributed by atoms with Crippen molar-refractivity contribution in [2.45, 2.75) is 19.1 Å². The lowest BCUT2D eigenvalue weighted by Crippen LogP contribution is -2.40. The molecule has 1 aromatic carbocycles. The van der Waals surface area contributed by atoms with Gasteiger partial charge < -0.3 is 14.2 Å². The molecule has 1 aliphatic rings. The zero-order chi connectivity index (χ0) is 13.9. The Kier molecular flexibility index (Phi) is 3.50. The van der Waals surface area contributed by atoms with Crippen LogP contribution in [0.3, 0.4) is 0 Å². The molecule has 1 heterocycles. The molecule has 6 heteroatoms. The van der Waals surface area contributed by atoms with Crippen molar-refractivity contribution in [3.05, 3.63) is 35.9 Å². The van der Waals surface area contributed by atoms with Gasteiger partial charge in [0.15, 0.2) is 0 Å². The molecule has 0 spiro atoms. The van der Waals surface area contributed by atoms with Gasteiger partial charge in [-0.1, -0.05) is 30.3 Å². The van der Waals surface area contributed by atoms with Crippen molar-refractivity contribution < 1.29 is 23.8 Å². The summed E-state index contributed by atoms with van der Waals surface area (Å²) in [5, 5.41) is 0. The van der Waals surface area contributed by atoms with E-state index in [1.807, 2.05) is 30.3 Å². The van der Waals surface area contributed by atoms with Gasteiger partial charge >= 0.3 is 18.0 Å². The van der Waals surface area contributed by atoms with Crippen molar-refractivity contribution >= 4 is 18.0 Å². The molecule has 0 radical (unpaired) electrons. The zero-order valence-corrected chi connectivity index (χ0v) is 10.6. The molecule has 0 saturated carbocycles. The predicted octanol–water partition coefficient (Wildman–Crippen LogP) is 1.05. The Bertz CT molecular complexity index is 525. The minimum Gasteiger partial charge on any atom is -0.467 e. The fraction of sp³-hybridized carbons (Fsp3) is 0.308. The van der Waals surface area contributed by atoms with E-state index in [4.69, 9.17) is 9.47 Å². The molecule has 0 unspecified atom stereocenters. The van der Waals surface area contributed by atoms with Gasteiger partial charge in [0, 0.05) is 0 Å². The van der Waals surface area contributed by atoms with Crippen LogP contribution in [0.1, 0.15) is 12.5 Å². The second kappa shape index (κ2) is 5.09. The Labute approximate surface area is 110 Å². The van der Waals surface area contributed by atoms with E-state index in [1.165, 1.54) is 14.0 Å². The fourth-order valence-electron chi connectivity index (χ4n) is 1.54. The average Bonchev–Trinajstić information content (AvgIpc) is 2.73. The number of carbonyl (C=O) groups is 2. The number of esters is 2. The topological polar surface area (TPSA) is 74.2 Å². The summed E-state index contributed by atoms with van der Waals surface area (Å²) in [6, 6.07) is 9.32. The van der Waals surface area contributed by atoms with Crippen molar-refractivity contribution in [2.24, 2.45) is 4.99 Å². The summed E-state index contributed by atoms with van der Waals surface area (Å²) in [4.78, 5) is 26.9. The molecule has 0 N–H and O–H groups in total. The van der Waals surface area contributed by atoms with Crippen LogP contribution in [0.2, 0.25) is 0 Å². The van der Waals surface area contributed by atoms with Crippen molar-refractivity contribution in [3.63, 3.8) is 0 Å². The highest BCUT2D eigenvalue weighted by molar-refractivity contribution is 6.11. The first-order valence-corrected chi connectivity index (χ1v) is 5.63. The number of benzene rings is 1. The fourth-order valence-corrected chi connectivity index (χ4v) is 1.54. The summed E-state index contributed by atoms with van der Waals surface area (Å²) in [7, 11) is 1.18. The number of hydrogen-bond acceptors (Lipinski definition) is 6. The van der Waals surface area contributed by atoms with Gasteiger partial charge in [0.05, 0.1) is 7.11 Å². The first kappa shape index (κ1) is 13.1. The van der Waals surface area contributed by atoms with Crippen molar-refractivity contribution in [1.82, 2.24) is 0 Å². The van der Waals surface area contributed by atoms with Gasteiger partial charge in [0.25, 0.3) is 5.54 Å². The highest BCUT2D eigenvalue weighted by atomic mass is 16.7. The molecule has 0 bridgehead atoms. The second-order valence-corrected chi connectivity index (χ2v) is 4.11. The maximum Gasteiger partial charge on any atom is 0.393 e. The Morgan fingerprint density at radius 1 is 1.37 bits per heavy atom. The molecule has 0 aromatic heterocycles. The molecule has 100 valence electrons. The van der Waals surface area contributed by atoms with Gasteiger partial charge in [-0.3, -0.25) is 0 Å². The van der Waals surface area contributed by atoms with Gasteiger partial charge in [-0.15, -0.1) is 0 Å². The minimum absolute atomic E-state index is 0.199. The molecule has 1 aromatic rings. The third-order valence-electron chi connectivity index (χ3n) is 2.68. The molecular formula is C13H13NO5. The highest BCUT2D eigenvalue weighted by Gasteiger charge is 2.50. The zero-order valence-electron chi connectivity index (χ0n) is 10.6. The molecule has 1 aliphatic heterocycles. The molecule has 2 rings (SSSR count). The Morgan fingerprint density at radius 3 is 2.68 bits per heavy atom. The maximum absolute atomic E-state index is 11.6. The summed E-state index contributed by atoms with van der Waals surface area (Å²) >= 11 is 0. The van der Waals surface area contributed by atoms with E-state index in [1.54, 1.807) is 0 Å². The number of methoxy groups -OCH3 is 1. The lowest BCUT2D eigenvalue weighted by Gasteiger charge is -2.11. The normalized spacial score (nSPS) is 21.6.